The van der Waals surface area contributed by atoms with E-state index in [1.54, 1.807) is 18.3 Å². The molecule has 1 aliphatic rings. The maximum Gasteiger partial charge on any atom is 0.227 e. The SMILES string of the molecule is O=C(Nc1ccnc(Cl)c1)C1CCCCCC1. The van der Waals surface area contributed by atoms with E-state index in [2.05, 4.69) is 10.3 Å². The third kappa shape index (κ3) is 3.70. The van der Waals surface area contributed by atoms with Crippen molar-refractivity contribution in [3.8, 4) is 0 Å². The molecule has 1 fully saturated rings. The van der Waals surface area contributed by atoms with Crippen molar-refractivity contribution in [2.75, 3.05) is 5.32 Å². The number of carbonyl (C=O) groups excluding carboxylic acids is 1. The Labute approximate surface area is 107 Å². The molecule has 17 heavy (non-hydrogen) atoms. The van der Waals surface area contributed by atoms with Crippen LogP contribution in [0.4, 0.5) is 5.69 Å². The number of nitrogens with one attached hydrogen (secondary N) is 1. The fourth-order valence-corrected chi connectivity index (χ4v) is 2.44. The number of aromatic nitrogens is 1. The van der Waals surface area contributed by atoms with Gasteiger partial charge in [0, 0.05) is 17.8 Å². The summed E-state index contributed by atoms with van der Waals surface area (Å²) in [7, 11) is 0. The third-order valence-corrected chi connectivity index (χ3v) is 3.43. The van der Waals surface area contributed by atoms with Crippen molar-refractivity contribution in [3.05, 3.63) is 23.5 Å². The number of rotatable bonds is 2. The van der Waals surface area contributed by atoms with Crippen LogP contribution in [-0.2, 0) is 4.79 Å². The molecule has 0 radical (unpaired) electrons. The van der Waals surface area contributed by atoms with Crippen molar-refractivity contribution in [2.45, 2.75) is 38.5 Å². The molecule has 1 saturated carbocycles. The first-order chi connectivity index (χ1) is 8.25. The number of hydrogen-bond donors (Lipinski definition) is 1. The Kier molecular flexibility index (Phi) is 4.37. The lowest BCUT2D eigenvalue weighted by molar-refractivity contribution is -0.120. The van der Waals surface area contributed by atoms with E-state index in [4.69, 9.17) is 11.6 Å². The van der Waals surface area contributed by atoms with Gasteiger partial charge in [-0.15, -0.1) is 0 Å². The fraction of sp³-hybridized carbons (Fsp3) is 0.538. The molecule has 3 nitrogen and oxygen atoms in total. The zero-order valence-corrected chi connectivity index (χ0v) is 10.5. The van der Waals surface area contributed by atoms with Crippen molar-refractivity contribution >= 4 is 23.2 Å². The van der Waals surface area contributed by atoms with Crippen LogP contribution in [0.1, 0.15) is 38.5 Å². The van der Waals surface area contributed by atoms with E-state index in [-0.39, 0.29) is 11.8 Å². The molecule has 1 aromatic rings. The second-order valence-electron chi connectivity index (χ2n) is 4.54. The van der Waals surface area contributed by atoms with E-state index in [9.17, 15) is 4.79 Å². The summed E-state index contributed by atoms with van der Waals surface area (Å²) in [5.41, 5.74) is 0.735. The molecule has 0 bridgehead atoms. The van der Waals surface area contributed by atoms with E-state index >= 15 is 0 Å². The van der Waals surface area contributed by atoms with Crippen molar-refractivity contribution in [2.24, 2.45) is 5.92 Å². The fourth-order valence-electron chi connectivity index (χ4n) is 2.27. The van der Waals surface area contributed by atoms with Crippen LogP contribution in [0, 0.1) is 5.92 Å². The van der Waals surface area contributed by atoms with Gasteiger partial charge in [-0.1, -0.05) is 37.3 Å². The van der Waals surface area contributed by atoms with E-state index in [0.29, 0.717) is 5.15 Å². The second kappa shape index (κ2) is 6.01. The highest BCUT2D eigenvalue weighted by molar-refractivity contribution is 6.29. The molecule has 0 unspecified atom stereocenters. The Morgan fingerprint density at radius 2 is 2.00 bits per heavy atom. The van der Waals surface area contributed by atoms with E-state index < -0.39 is 0 Å². The maximum absolute atomic E-state index is 12.1. The molecule has 4 heteroatoms. The molecule has 92 valence electrons. The predicted octanol–water partition coefficient (Wildman–Crippen LogP) is 3.64. The minimum Gasteiger partial charge on any atom is -0.326 e. The quantitative estimate of drug-likeness (QED) is 0.645. The minimum absolute atomic E-state index is 0.120. The Morgan fingerprint density at radius 3 is 2.65 bits per heavy atom. The summed E-state index contributed by atoms with van der Waals surface area (Å²) < 4.78 is 0. The van der Waals surface area contributed by atoms with Gasteiger partial charge in [0.1, 0.15) is 5.15 Å². The Balaban J connectivity index is 1.95. The molecule has 0 aromatic carbocycles. The highest BCUT2D eigenvalue weighted by atomic mass is 35.5. The molecule has 1 aliphatic carbocycles. The normalized spacial score (nSPS) is 17.5. The zero-order chi connectivity index (χ0) is 12.1. The highest BCUT2D eigenvalue weighted by Gasteiger charge is 2.19. The van der Waals surface area contributed by atoms with Crippen LogP contribution < -0.4 is 5.32 Å². The average molecular weight is 253 g/mol. The predicted molar refractivity (Wildman–Crippen MR) is 69.1 cm³/mol. The lowest BCUT2D eigenvalue weighted by Gasteiger charge is -2.14. The van der Waals surface area contributed by atoms with Gasteiger partial charge in [0.15, 0.2) is 0 Å². The van der Waals surface area contributed by atoms with E-state index in [1.165, 1.54) is 12.8 Å². The smallest absolute Gasteiger partial charge is 0.227 e. The van der Waals surface area contributed by atoms with Gasteiger partial charge in [-0.2, -0.15) is 0 Å². The van der Waals surface area contributed by atoms with Gasteiger partial charge in [0.05, 0.1) is 0 Å². The third-order valence-electron chi connectivity index (χ3n) is 3.22. The summed E-state index contributed by atoms with van der Waals surface area (Å²) >= 11 is 5.78. The number of pyridine rings is 1. The van der Waals surface area contributed by atoms with Crippen LogP contribution in [-0.4, -0.2) is 10.9 Å². The number of carbonyl (C=O) groups is 1. The molecule has 2 rings (SSSR count). The van der Waals surface area contributed by atoms with Crippen LogP contribution in [0.15, 0.2) is 18.3 Å². The Morgan fingerprint density at radius 1 is 1.29 bits per heavy atom. The number of nitrogens with zero attached hydrogens (tertiary/aromatic N) is 1. The molecular weight excluding hydrogens is 236 g/mol. The van der Waals surface area contributed by atoms with Crippen LogP contribution in [0.25, 0.3) is 0 Å². The molecule has 1 amide bonds. The summed E-state index contributed by atoms with van der Waals surface area (Å²) in [6.45, 7) is 0. The van der Waals surface area contributed by atoms with Gasteiger partial charge in [0.2, 0.25) is 5.91 Å². The maximum atomic E-state index is 12.1. The largest absolute Gasteiger partial charge is 0.326 e. The monoisotopic (exact) mass is 252 g/mol. The molecule has 1 aromatic heterocycles. The number of hydrogen-bond acceptors (Lipinski definition) is 2. The summed E-state index contributed by atoms with van der Waals surface area (Å²) in [5, 5.41) is 3.32. The summed E-state index contributed by atoms with van der Waals surface area (Å²) in [6.07, 6.45) is 8.44. The second-order valence-corrected chi connectivity index (χ2v) is 4.93. The van der Waals surface area contributed by atoms with Crippen LogP contribution >= 0.6 is 11.6 Å². The van der Waals surface area contributed by atoms with Gasteiger partial charge in [-0.3, -0.25) is 4.79 Å². The molecule has 0 spiro atoms. The molecule has 1 N–H and O–H groups in total. The number of amides is 1. The first-order valence-corrected chi connectivity index (χ1v) is 6.56. The Hall–Kier alpha value is -1.09. The van der Waals surface area contributed by atoms with Gasteiger partial charge in [0.25, 0.3) is 0 Å². The zero-order valence-electron chi connectivity index (χ0n) is 9.79. The van der Waals surface area contributed by atoms with Gasteiger partial charge in [-0.05, 0) is 25.0 Å². The van der Waals surface area contributed by atoms with Crippen molar-refractivity contribution < 1.29 is 4.79 Å². The van der Waals surface area contributed by atoms with Crippen molar-refractivity contribution in [3.63, 3.8) is 0 Å². The number of halogens is 1. The van der Waals surface area contributed by atoms with Crippen molar-refractivity contribution in [1.29, 1.82) is 0 Å². The van der Waals surface area contributed by atoms with Crippen LogP contribution in [0.3, 0.4) is 0 Å². The molecule has 0 aliphatic heterocycles. The molecule has 0 atom stereocenters. The lowest BCUT2D eigenvalue weighted by atomic mass is 9.99. The van der Waals surface area contributed by atoms with E-state index in [1.807, 2.05) is 0 Å². The molecular formula is C13H17ClN2O. The standard InChI is InChI=1S/C13H17ClN2O/c14-12-9-11(7-8-15-12)16-13(17)10-5-3-1-2-4-6-10/h7-10H,1-6H2,(H,15,16,17). The highest BCUT2D eigenvalue weighted by Crippen LogP contribution is 2.24. The number of anilines is 1. The topological polar surface area (TPSA) is 42.0 Å². The van der Waals surface area contributed by atoms with Crippen LogP contribution in [0.5, 0.6) is 0 Å². The van der Waals surface area contributed by atoms with Crippen LogP contribution in [0.2, 0.25) is 5.15 Å². The lowest BCUT2D eigenvalue weighted by Crippen LogP contribution is -2.22. The van der Waals surface area contributed by atoms with E-state index in [0.717, 1.165) is 31.4 Å². The summed E-state index contributed by atoms with van der Waals surface area (Å²) in [6, 6.07) is 3.44. The average Bonchev–Trinajstić information content (AvgIpc) is 2.57. The first kappa shape index (κ1) is 12.4. The molecule has 1 heterocycles. The summed E-state index contributed by atoms with van der Waals surface area (Å²) in [4.78, 5) is 15.9. The van der Waals surface area contributed by atoms with Gasteiger partial charge < -0.3 is 5.32 Å². The Bertz CT molecular complexity index is 387. The van der Waals surface area contributed by atoms with Gasteiger partial charge >= 0.3 is 0 Å². The molecule has 0 saturated heterocycles. The first-order valence-electron chi connectivity index (χ1n) is 6.18. The summed E-state index contributed by atoms with van der Waals surface area (Å²) in [5.74, 6) is 0.276. The van der Waals surface area contributed by atoms with Gasteiger partial charge in [-0.25, -0.2) is 4.98 Å². The minimum atomic E-state index is 0.120. The van der Waals surface area contributed by atoms with Crippen molar-refractivity contribution in [1.82, 2.24) is 4.98 Å².